The Balaban J connectivity index is 1.40. The number of anilines is 1. The molecule has 0 N–H and O–H groups in total. The number of amides is 1. The van der Waals surface area contributed by atoms with Crippen molar-refractivity contribution in [1.82, 2.24) is 14.5 Å². The monoisotopic (exact) mass is 466 g/mol. The molecule has 3 aromatic rings. The van der Waals surface area contributed by atoms with Crippen molar-refractivity contribution >= 4 is 34.3 Å². The van der Waals surface area contributed by atoms with Crippen LogP contribution in [0, 0.1) is 0 Å². The first-order valence-electron chi connectivity index (χ1n) is 11.4. The van der Waals surface area contributed by atoms with Crippen molar-refractivity contribution in [3.8, 4) is 5.75 Å². The van der Waals surface area contributed by atoms with Crippen LogP contribution in [0.15, 0.2) is 58.5 Å². The summed E-state index contributed by atoms with van der Waals surface area (Å²) in [4.78, 5) is 34.8. The Morgan fingerprint density at radius 1 is 1.06 bits per heavy atom. The number of hydrogen-bond donors (Lipinski definition) is 0. The number of thioether (sulfide) groups is 1. The molecule has 1 fully saturated rings. The first-order chi connectivity index (χ1) is 16.1. The van der Waals surface area contributed by atoms with Crippen molar-refractivity contribution in [2.45, 2.75) is 31.5 Å². The van der Waals surface area contributed by atoms with Crippen LogP contribution in [0.4, 0.5) is 5.69 Å². The second-order valence-corrected chi connectivity index (χ2v) is 9.02. The van der Waals surface area contributed by atoms with Gasteiger partial charge in [0, 0.05) is 38.4 Å². The van der Waals surface area contributed by atoms with Crippen molar-refractivity contribution in [3.05, 3.63) is 58.9 Å². The average molecular weight is 467 g/mol. The van der Waals surface area contributed by atoms with E-state index in [4.69, 9.17) is 9.72 Å². The zero-order valence-electron chi connectivity index (χ0n) is 19.2. The Morgan fingerprint density at radius 3 is 2.48 bits per heavy atom. The molecule has 2 aromatic carbocycles. The van der Waals surface area contributed by atoms with Crippen LogP contribution in [0.25, 0.3) is 10.9 Å². The van der Waals surface area contributed by atoms with Crippen LogP contribution >= 0.6 is 11.8 Å². The standard InChI is InChI=1S/C25H30N4O3S/c1-3-4-13-29-24(31)21-7-5-6-8-22(21)26-25(29)33-18-23(30)28-16-14-27(15-17-28)19-9-11-20(32-2)12-10-19/h5-12H,3-4,13-18H2,1-2H3. The highest BCUT2D eigenvalue weighted by atomic mass is 32.2. The molecule has 174 valence electrons. The van der Waals surface area contributed by atoms with Crippen LogP contribution in [0.3, 0.4) is 0 Å². The number of piperazine rings is 1. The molecule has 1 saturated heterocycles. The molecule has 2 heterocycles. The zero-order chi connectivity index (χ0) is 23.2. The highest BCUT2D eigenvalue weighted by Gasteiger charge is 2.22. The van der Waals surface area contributed by atoms with Crippen molar-refractivity contribution < 1.29 is 9.53 Å². The van der Waals surface area contributed by atoms with Gasteiger partial charge in [0.2, 0.25) is 5.91 Å². The van der Waals surface area contributed by atoms with E-state index in [1.165, 1.54) is 11.8 Å². The predicted molar refractivity (Wildman–Crippen MR) is 133 cm³/mol. The highest BCUT2D eigenvalue weighted by Crippen LogP contribution is 2.22. The van der Waals surface area contributed by atoms with Gasteiger partial charge in [0.15, 0.2) is 5.16 Å². The maximum Gasteiger partial charge on any atom is 0.262 e. The number of nitrogens with zero attached hydrogens (tertiary/aromatic N) is 4. The summed E-state index contributed by atoms with van der Waals surface area (Å²) in [7, 11) is 1.66. The van der Waals surface area contributed by atoms with Gasteiger partial charge >= 0.3 is 0 Å². The summed E-state index contributed by atoms with van der Waals surface area (Å²) >= 11 is 1.36. The molecule has 7 nitrogen and oxygen atoms in total. The van der Waals surface area contributed by atoms with Crippen LogP contribution < -0.4 is 15.2 Å². The van der Waals surface area contributed by atoms with Gasteiger partial charge in [0.05, 0.1) is 23.8 Å². The number of methoxy groups -OCH3 is 1. The van der Waals surface area contributed by atoms with Gasteiger partial charge in [-0.2, -0.15) is 0 Å². The molecular formula is C25H30N4O3S. The minimum atomic E-state index is -0.0305. The number of hydrogen-bond acceptors (Lipinski definition) is 6. The summed E-state index contributed by atoms with van der Waals surface area (Å²) in [5, 5.41) is 1.25. The molecule has 0 aliphatic carbocycles. The fourth-order valence-electron chi connectivity index (χ4n) is 4.00. The molecule has 0 saturated carbocycles. The van der Waals surface area contributed by atoms with E-state index in [2.05, 4.69) is 11.8 Å². The first kappa shape index (κ1) is 23.2. The summed E-state index contributed by atoms with van der Waals surface area (Å²) < 4.78 is 6.96. The predicted octanol–water partition coefficient (Wildman–Crippen LogP) is 3.65. The lowest BCUT2D eigenvalue weighted by molar-refractivity contribution is -0.128. The van der Waals surface area contributed by atoms with Crippen molar-refractivity contribution in [3.63, 3.8) is 0 Å². The molecule has 1 amide bonds. The molecule has 1 aromatic heterocycles. The molecule has 1 aliphatic heterocycles. The normalized spacial score (nSPS) is 14.0. The molecule has 1 aliphatic rings. The minimum absolute atomic E-state index is 0.0305. The summed E-state index contributed by atoms with van der Waals surface area (Å²) in [6.07, 6.45) is 1.88. The molecule has 4 rings (SSSR count). The maximum absolute atomic E-state index is 13.0. The lowest BCUT2D eigenvalue weighted by Gasteiger charge is -2.36. The Morgan fingerprint density at radius 2 is 1.79 bits per heavy atom. The molecule has 33 heavy (non-hydrogen) atoms. The third-order valence-corrected chi connectivity index (χ3v) is 6.92. The molecule has 0 spiro atoms. The third kappa shape index (κ3) is 5.33. The van der Waals surface area contributed by atoms with E-state index in [0.717, 1.165) is 37.4 Å². The molecule has 8 heteroatoms. The number of para-hydroxylation sites is 1. The number of aromatic nitrogens is 2. The number of carbonyl (C=O) groups is 1. The maximum atomic E-state index is 13.0. The Labute approximate surface area is 198 Å². The lowest BCUT2D eigenvalue weighted by atomic mass is 10.2. The average Bonchev–Trinajstić information content (AvgIpc) is 2.87. The second-order valence-electron chi connectivity index (χ2n) is 8.08. The van der Waals surface area contributed by atoms with E-state index in [-0.39, 0.29) is 17.2 Å². The minimum Gasteiger partial charge on any atom is -0.497 e. The number of benzene rings is 2. The van der Waals surface area contributed by atoms with Crippen LogP contribution in [-0.4, -0.2) is 59.4 Å². The van der Waals surface area contributed by atoms with E-state index in [9.17, 15) is 9.59 Å². The van der Waals surface area contributed by atoms with Gasteiger partial charge in [-0.3, -0.25) is 14.2 Å². The van der Waals surface area contributed by atoms with Crippen molar-refractivity contribution in [2.75, 3.05) is 43.9 Å². The Kier molecular flexibility index (Phi) is 7.54. The smallest absolute Gasteiger partial charge is 0.262 e. The van der Waals surface area contributed by atoms with Crippen molar-refractivity contribution in [1.29, 1.82) is 0 Å². The van der Waals surface area contributed by atoms with Crippen LogP contribution in [0.1, 0.15) is 19.8 Å². The number of fused-ring (bicyclic) bond motifs is 1. The summed E-state index contributed by atoms with van der Waals surface area (Å²) in [6.45, 7) is 5.65. The van der Waals surface area contributed by atoms with Gasteiger partial charge in [0.1, 0.15) is 5.75 Å². The van der Waals surface area contributed by atoms with Gasteiger partial charge in [-0.1, -0.05) is 37.2 Å². The van der Waals surface area contributed by atoms with Gasteiger partial charge < -0.3 is 14.5 Å². The van der Waals surface area contributed by atoms with Crippen LogP contribution in [-0.2, 0) is 11.3 Å². The zero-order valence-corrected chi connectivity index (χ0v) is 20.0. The van der Waals surface area contributed by atoms with Crippen molar-refractivity contribution in [2.24, 2.45) is 0 Å². The SMILES string of the molecule is CCCCn1c(SCC(=O)N2CCN(c3ccc(OC)cc3)CC2)nc2ccccc2c1=O. The third-order valence-electron chi connectivity index (χ3n) is 5.96. The highest BCUT2D eigenvalue weighted by molar-refractivity contribution is 7.99. The second kappa shape index (κ2) is 10.7. The topological polar surface area (TPSA) is 67.7 Å². The van der Waals surface area contributed by atoms with Crippen LogP contribution in [0.2, 0.25) is 0 Å². The number of rotatable bonds is 8. The van der Waals surface area contributed by atoms with E-state index in [0.29, 0.717) is 35.7 Å². The van der Waals surface area contributed by atoms with Gasteiger partial charge in [-0.05, 0) is 42.8 Å². The summed E-state index contributed by atoms with van der Waals surface area (Å²) in [5.41, 5.74) is 1.79. The molecule has 0 atom stereocenters. The van der Waals surface area contributed by atoms with Crippen LogP contribution in [0.5, 0.6) is 5.75 Å². The number of unbranched alkanes of at least 4 members (excludes halogenated alkanes) is 1. The Hall–Kier alpha value is -3.00. The molecule has 0 unspecified atom stereocenters. The fraction of sp³-hybridized carbons (Fsp3) is 0.400. The van der Waals surface area contributed by atoms with E-state index < -0.39 is 0 Å². The molecular weight excluding hydrogens is 436 g/mol. The lowest BCUT2D eigenvalue weighted by Crippen LogP contribution is -2.49. The van der Waals surface area contributed by atoms with E-state index in [1.807, 2.05) is 53.4 Å². The fourth-order valence-corrected chi connectivity index (χ4v) is 4.92. The molecule has 0 bridgehead atoms. The quantitative estimate of drug-likeness (QED) is 0.373. The van der Waals surface area contributed by atoms with E-state index >= 15 is 0 Å². The molecule has 0 radical (unpaired) electrons. The van der Waals surface area contributed by atoms with E-state index in [1.54, 1.807) is 11.7 Å². The first-order valence-corrected chi connectivity index (χ1v) is 12.4. The largest absolute Gasteiger partial charge is 0.497 e. The number of ether oxygens (including phenoxy) is 1. The van der Waals surface area contributed by atoms with Gasteiger partial charge in [-0.15, -0.1) is 0 Å². The van der Waals surface area contributed by atoms with Gasteiger partial charge in [-0.25, -0.2) is 4.98 Å². The summed E-state index contributed by atoms with van der Waals surface area (Å²) in [5.74, 6) is 1.20. The van der Waals surface area contributed by atoms with Gasteiger partial charge in [0.25, 0.3) is 5.56 Å². The Bertz CT molecular complexity index is 1150. The number of carbonyl (C=O) groups excluding carboxylic acids is 1. The summed E-state index contributed by atoms with van der Waals surface area (Å²) in [6, 6.07) is 15.4.